The molecule has 1 unspecified atom stereocenters. The fourth-order valence-corrected chi connectivity index (χ4v) is 3.07. The van der Waals surface area contributed by atoms with Crippen molar-refractivity contribution in [2.45, 2.75) is 31.8 Å². The molecule has 18 heavy (non-hydrogen) atoms. The van der Waals surface area contributed by atoms with Crippen molar-refractivity contribution in [3.63, 3.8) is 0 Å². The molecule has 2 heterocycles. The molecule has 0 bridgehead atoms. The number of rotatable bonds is 6. The molecule has 3 nitrogen and oxygen atoms in total. The minimum atomic E-state index is 0.222. The van der Waals surface area contributed by atoms with Gasteiger partial charge >= 0.3 is 0 Å². The Hall–Kier alpha value is -0.420. The molecule has 0 saturated carbocycles. The summed E-state index contributed by atoms with van der Waals surface area (Å²) < 4.78 is 5.68. The molecule has 0 aliphatic carbocycles. The number of ether oxygens (including phenoxy) is 1. The van der Waals surface area contributed by atoms with Crippen LogP contribution in [0.1, 0.15) is 25.1 Å². The van der Waals surface area contributed by atoms with Gasteiger partial charge in [-0.05, 0) is 24.4 Å². The van der Waals surface area contributed by atoms with E-state index in [0.717, 1.165) is 39.2 Å². The van der Waals surface area contributed by atoms with Gasteiger partial charge in [0.2, 0.25) is 0 Å². The molecule has 0 radical (unpaired) electrons. The minimum Gasteiger partial charge on any atom is -0.376 e. The lowest BCUT2D eigenvalue weighted by Gasteiger charge is -2.26. The van der Waals surface area contributed by atoms with Gasteiger partial charge in [-0.3, -0.25) is 0 Å². The fourth-order valence-electron chi connectivity index (χ4n) is 2.22. The summed E-state index contributed by atoms with van der Waals surface area (Å²) in [5.74, 6) is 0. The third-order valence-corrected chi connectivity index (χ3v) is 4.64. The van der Waals surface area contributed by atoms with Crippen LogP contribution in [-0.2, 0) is 10.2 Å². The first-order chi connectivity index (χ1) is 8.68. The van der Waals surface area contributed by atoms with Gasteiger partial charge in [-0.15, -0.1) is 11.3 Å². The van der Waals surface area contributed by atoms with Crippen LogP contribution in [0.25, 0.3) is 0 Å². The van der Waals surface area contributed by atoms with E-state index in [2.05, 4.69) is 42.0 Å². The Morgan fingerprint density at radius 1 is 1.56 bits per heavy atom. The molecule has 1 aliphatic rings. The Balaban J connectivity index is 1.65. The van der Waals surface area contributed by atoms with Gasteiger partial charge in [-0.25, -0.2) is 0 Å². The van der Waals surface area contributed by atoms with E-state index >= 15 is 0 Å². The third-order valence-electron chi connectivity index (χ3n) is 3.40. The largest absolute Gasteiger partial charge is 0.376 e. The molecule has 0 amide bonds. The van der Waals surface area contributed by atoms with Crippen molar-refractivity contribution in [2.24, 2.45) is 0 Å². The molecule has 2 rings (SSSR count). The van der Waals surface area contributed by atoms with E-state index in [1.54, 1.807) is 0 Å². The smallest absolute Gasteiger partial charge is 0.0712 e. The first kappa shape index (κ1) is 14.0. The molecule has 1 atom stereocenters. The molecule has 1 aliphatic heterocycles. The summed E-state index contributed by atoms with van der Waals surface area (Å²) >= 11 is 1.84. The van der Waals surface area contributed by atoms with Gasteiger partial charge < -0.3 is 15.4 Å². The van der Waals surface area contributed by atoms with Gasteiger partial charge in [0.05, 0.1) is 12.7 Å². The van der Waals surface area contributed by atoms with Crippen LogP contribution in [-0.4, -0.2) is 38.9 Å². The summed E-state index contributed by atoms with van der Waals surface area (Å²) in [5.41, 5.74) is 0.222. The molecule has 102 valence electrons. The number of morpholine rings is 1. The highest BCUT2D eigenvalue weighted by atomic mass is 32.1. The van der Waals surface area contributed by atoms with Crippen LogP contribution in [0, 0.1) is 0 Å². The summed E-state index contributed by atoms with van der Waals surface area (Å²) in [6.07, 6.45) is 1.48. The fraction of sp³-hybridized carbons (Fsp3) is 0.714. The second-order valence-electron chi connectivity index (χ2n) is 5.52. The molecule has 1 aromatic rings. The van der Waals surface area contributed by atoms with Gasteiger partial charge in [-0.2, -0.15) is 0 Å². The summed E-state index contributed by atoms with van der Waals surface area (Å²) in [5, 5.41) is 9.07. The van der Waals surface area contributed by atoms with E-state index in [4.69, 9.17) is 4.74 Å². The van der Waals surface area contributed by atoms with E-state index in [-0.39, 0.29) is 5.41 Å². The third kappa shape index (κ3) is 4.05. The quantitative estimate of drug-likeness (QED) is 0.774. The van der Waals surface area contributed by atoms with Gasteiger partial charge in [0.25, 0.3) is 0 Å². The van der Waals surface area contributed by atoms with Crippen molar-refractivity contribution in [3.05, 3.63) is 22.4 Å². The Labute approximate surface area is 114 Å². The van der Waals surface area contributed by atoms with Crippen molar-refractivity contribution in [1.29, 1.82) is 0 Å². The Bertz CT molecular complexity index is 332. The van der Waals surface area contributed by atoms with Crippen LogP contribution in [0.3, 0.4) is 0 Å². The first-order valence-electron chi connectivity index (χ1n) is 6.75. The molecule has 1 aromatic heterocycles. The molecule has 2 N–H and O–H groups in total. The van der Waals surface area contributed by atoms with Crippen molar-refractivity contribution in [3.8, 4) is 0 Å². The van der Waals surface area contributed by atoms with Crippen LogP contribution in [0.2, 0.25) is 0 Å². The van der Waals surface area contributed by atoms with E-state index in [1.165, 1.54) is 4.88 Å². The zero-order valence-electron chi connectivity index (χ0n) is 11.4. The maximum atomic E-state index is 5.68. The molecule has 4 heteroatoms. The molecule has 1 saturated heterocycles. The maximum absolute atomic E-state index is 5.68. The van der Waals surface area contributed by atoms with Crippen LogP contribution in [0.5, 0.6) is 0 Å². The van der Waals surface area contributed by atoms with Crippen LogP contribution in [0.4, 0.5) is 0 Å². The number of hydrogen-bond donors (Lipinski definition) is 2. The second kappa shape index (κ2) is 6.66. The zero-order valence-corrected chi connectivity index (χ0v) is 12.2. The van der Waals surface area contributed by atoms with Crippen LogP contribution >= 0.6 is 11.3 Å². The van der Waals surface area contributed by atoms with Crippen LogP contribution in [0.15, 0.2) is 17.5 Å². The van der Waals surface area contributed by atoms with E-state index in [1.807, 2.05) is 11.3 Å². The first-order valence-corrected chi connectivity index (χ1v) is 7.63. The summed E-state index contributed by atoms with van der Waals surface area (Å²) in [6, 6.07) is 4.35. The normalized spacial score (nSPS) is 21.1. The van der Waals surface area contributed by atoms with Crippen molar-refractivity contribution in [2.75, 3.05) is 32.8 Å². The molecule has 1 fully saturated rings. The predicted molar refractivity (Wildman–Crippen MR) is 77.4 cm³/mol. The van der Waals surface area contributed by atoms with Crippen LogP contribution < -0.4 is 10.6 Å². The standard InChI is InChI=1S/C14H24N2OS/c1-14(2,13-4-3-9-18-13)11-16-6-5-12-10-15-7-8-17-12/h3-4,9,12,15-16H,5-8,10-11H2,1-2H3. The Kier molecular flexibility index (Phi) is 5.18. The molecular formula is C14H24N2OS. The van der Waals surface area contributed by atoms with Gasteiger partial charge in [0, 0.05) is 29.9 Å². The summed E-state index contributed by atoms with van der Waals surface area (Å²) in [4.78, 5) is 1.45. The maximum Gasteiger partial charge on any atom is 0.0712 e. The van der Waals surface area contributed by atoms with Crippen molar-refractivity contribution >= 4 is 11.3 Å². The highest BCUT2D eigenvalue weighted by Gasteiger charge is 2.21. The highest BCUT2D eigenvalue weighted by molar-refractivity contribution is 7.10. The summed E-state index contributed by atoms with van der Waals surface area (Å²) in [7, 11) is 0. The SMILES string of the molecule is CC(C)(CNCCC1CNCCO1)c1cccs1. The number of hydrogen-bond acceptors (Lipinski definition) is 4. The lowest BCUT2D eigenvalue weighted by molar-refractivity contribution is 0.0237. The lowest BCUT2D eigenvalue weighted by Crippen LogP contribution is -2.41. The van der Waals surface area contributed by atoms with E-state index < -0.39 is 0 Å². The average Bonchev–Trinajstić information content (AvgIpc) is 2.91. The topological polar surface area (TPSA) is 33.3 Å². The Morgan fingerprint density at radius 3 is 3.11 bits per heavy atom. The predicted octanol–water partition coefficient (Wildman–Crippen LogP) is 1.99. The lowest BCUT2D eigenvalue weighted by atomic mass is 9.91. The van der Waals surface area contributed by atoms with Crippen molar-refractivity contribution < 1.29 is 4.74 Å². The molecular weight excluding hydrogens is 244 g/mol. The highest BCUT2D eigenvalue weighted by Crippen LogP contribution is 2.26. The van der Waals surface area contributed by atoms with Gasteiger partial charge in [0.15, 0.2) is 0 Å². The zero-order chi connectivity index (χ0) is 12.8. The van der Waals surface area contributed by atoms with Gasteiger partial charge in [0.1, 0.15) is 0 Å². The van der Waals surface area contributed by atoms with Gasteiger partial charge in [-0.1, -0.05) is 19.9 Å². The van der Waals surface area contributed by atoms with E-state index in [9.17, 15) is 0 Å². The average molecular weight is 268 g/mol. The summed E-state index contributed by atoms with van der Waals surface area (Å²) in [6.45, 7) is 9.49. The number of nitrogens with one attached hydrogen (secondary N) is 2. The molecule has 0 spiro atoms. The monoisotopic (exact) mass is 268 g/mol. The Morgan fingerprint density at radius 2 is 2.44 bits per heavy atom. The number of thiophene rings is 1. The minimum absolute atomic E-state index is 0.222. The van der Waals surface area contributed by atoms with E-state index in [0.29, 0.717) is 6.10 Å². The van der Waals surface area contributed by atoms with Crippen molar-refractivity contribution in [1.82, 2.24) is 10.6 Å². The molecule has 0 aromatic carbocycles. The second-order valence-corrected chi connectivity index (χ2v) is 6.47.